The standard InChI is InChI=1S/C37H40O6/c1-26-12-32-22-38-18-28-6-3-8-30(16-28)20-40-24-34-14-27(2)15-35-25-41-21-31-9-4-7-29(17-31)19-39-23-33(13-26)36(32)42-10-5-11-43-37(34)35/h3-4,6-9,12-17H,5,10-11,18-25H2,1-2H3. The number of fused-ring (bicyclic) bond motifs is 8. The van der Waals surface area contributed by atoms with Crippen molar-refractivity contribution in [2.75, 3.05) is 13.2 Å². The summed E-state index contributed by atoms with van der Waals surface area (Å²) >= 11 is 0. The van der Waals surface area contributed by atoms with Gasteiger partial charge in [-0.1, -0.05) is 83.9 Å². The van der Waals surface area contributed by atoms with Crippen molar-refractivity contribution in [3.05, 3.63) is 128 Å². The number of ether oxygens (including phenoxy) is 6. The van der Waals surface area contributed by atoms with Gasteiger partial charge in [-0.05, 0) is 36.1 Å². The molecule has 6 bridgehead atoms. The molecule has 0 saturated heterocycles. The molecular weight excluding hydrogens is 540 g/mol. The van der Waals surface area contributed by atoms with Crippen molar-refractivity contribution >= 4 is 0 Å². The maximum Gasteiger partial charge on any atom is 0.130 e. The fourth-order valence-corrected chi connectivity index (χ4v) is 5.80. The second kappa shape index (κ2) is 14.2. The molecule has 2 aliphatic rings. The van der Waals surface area contributed by atoms with E-state index in [0.717, 1.165) is 73.6 Å². The van der Waals surface area contributed by atoms with Gasteiger partial charge in [0, 0.05) is 28.7 Å². The van der Waals surface area contributed by atoms with Crippen LogP contribution in [-0.2, 0) is 71.8 Å². The predicted molar refractivity (Wildman–Crippen MR) is 165 cm³/mol. The lowest BCUT2D eigenvalue weighted by Gasteiger charge is -2.20. The largest absolute Gasteiger partial charge is 0.493 e. The fourth-order valence-electron chi connectivity index (χ4n) is 5.80. The minimum atomic E-state index is 0.444. The van der Waals surface area contributed by atoms with Gasteiger partial charge in [0.15, 0.2) is 0 Å². The first-order valence-corrected chi connectivity index (χ1v) is 15.1. The lowest BCUT2D eigenvalue weighted by molar-refractivity contribution is 0.0929. The summed E-state index contributed by atoms with van der Waals surface area (Å²) in [4.78, 5) is 0. The van der Waals surface area contributed by atoms with Crippen molar-refractivity contribution in [2.24, 2.45) is 0 Å². The van der Waals surface area contributed by atoms with E-state index in [0.29, 0.717) is 66.1 Å². The first kappa shape index (κ1) is 29.4. The van der Waals surface area contributed by atoms with Crippen LogP contribution in [0.15, 0.2) is 72.8 Å². The molecular formula is C37H40O6. The molecule has 6 heteroatoms. The average Bonchev–Trinajstić information content (AvgIpc) is 2.98. The number of benzene rings is 4. The molecule has 0 aromatic heterocycles. The Kier molecular flexibility index (Phi) is 9.70. The molecule has 4 aromatic carbocycles. The van der Waals surface area contributed by atoms with E-state index in [2.05, 4.69) is 86.6 Å². The average molecular weight is 581 g/mol. The number of aryl methyl sites for hydroxylation is 2. The lowest BCUT2D eigenvalue weighted by Crippen LogP contribution is -2.12. The Hall–Kier alpha value is -3.68. The van der Waals surface area contributed by atoms with Crippen molar-refractivity contribution < 1.29 is 28.4 Å². The van der Waals surface area contributed by atoms with Gasteiger partial charge in [0.1, 0.15) is 11.5 Å². The Morgan fingerprint density at radius 2 is 0.744 bits per heavy atom. The highest BCUT2D eigenvalue weighted by Crippen LogP contribution is 2.31. The van der Waals surface area contributed by atoms with Crippen LogP contribution in [-0.4, -0.2) is 13.2 Å². The van der Waals surface area contributed by atoms with E-state index in [4.69, 9.17) is 28.4 Å². The Bertz CT molecular complexity index is 1340. The van der Waals surface area contributed by atoms with Gasteiger partial charge >= 0.3 is 0 Å². The Balaban J connectivity index is 1.38. The summed E-state index contributed by atoms with van der Waals surface area (Å²) in [6, 6.07) is 25.4. The highest BCUT2D eigenvalue weighted by molar-refractivity contribution is 5.45. The molecule has 6 rings (SSSR count). The fraction of sp³-hybridized carbons (Fsp3) is 0.351. The molecule has 0 fully saturated rings. The zero-order valence-electron chi connectivity index (χ0n) is 25.2. The first-order chi connectivity index (χ1) is 21.1. The van der Waals surface area contributed by atoms with Crippen LogP contribution in [0.4, 0.5) is 0 Å². The summed E-state index contributed by atoms with van der Waals surface area (Å²) in [5.41, 5.74) is 10.8. The van der Waals surface area contributed by atoms with Gasteiger partial charge in [0.2, 0.25) is 0 Å². The molecule has 224 valence electrons. The van der Waals surface area contributed by atoms with Crippen LogP contribution in [0, 0.1) is 13.8 Å². The molecule has 2 heterocycles. The van der Waals surface area contributed by atoms with Crippen LogP contribution in [0.5, 0.6) is 11.5 Å². The van der Waals surface area contributed by atoms with E-state index >= 15 is 0 Å². The topological polar surface area (TPSA) is 55.4 Å². The van der Waals surface area contributed by atoms with Gasteiger partial charge in [0.05, 0.1) is 66.1 Å². The Morgan fingerprint density at radius 1 is 0.419 bits per heavy atom. The molecule has 0 radical (unpaired) electrons. The van der Waals surface area contributed by atoms with Crippen molar-refractivity contribution in [1.82, 2.24) is 0 Å². The number of hydrogen-bond donors (Lipinski definition) is 0. The summed E-state index contributed by atoms with van der Waals surface area (Å²) in [6.07, 6.45) is 0.720. The summed E-state index contributed by atoms with van der Waals surface area (Å²) in [7, 11) is 0. The maximum atomic E-state index is 6.47. The second-order valence-electron chi connectivity index (χ2n) is 11.5. The summed E-state index contributed by atoms with van der Waals surface area (Å²) in [6.45, 7) is 9.01. The van der Waals surface area contributed by atoms with Crippen LogP contribution < -0.4 is 9.47 Å². The molecule has 0 amide bonds. The van der Waals surface area contributed by atoms with Crippen molar-refractivity contribution in [1.29, 1.82) is 0 Å². The molecule has 43 heavy (non-hydrogen) atoms. The quantitative estimate of drug-likeness (QED) is 0.213. The first-order valence-electron chi connectivity index (χ1n) is 15.1. The smallest absolute Gasteiger partial charge is 0.130 e. The van der Waals surface area contributed by atoms with E-state index < -0.39 is 0 Å². The summed E-state index contributed by atoms with van der Waals surface area (Å²) < 4.78 is 37.9. The van der Waals surface area contributed by atoms with Gasteiger partial charge in [-0.25, -0.2) is 0 Å². The molecule has 0 N–H and O–H groups in total. The molecule has 6 nitrogen and oxygen atoms in total. The molecule has 0 saturated carbocycles. The van der Waals surface area contributed by atoms with E-state index in [1.54, 1.807) is 0 Å². The second-order valence-corrected chi connectivity index (χ2v) is 11.5. The number of hydrogen-bond acceptors (Lipinski definition) is 6. The van der Waals surface area contributed by atoms with Crippen LogP contribution in [0.1, 0.15) is 62.1 Å². The van der Waals surface area contributed by atoms with Gasteiger partial charge in [-0.15, -0.1) is 0 Å². The van der Waals surface area contributed by atoms with Crippen LogP contribution >= 0.6 is 0 Å². The zero-order valence-corrected chi connectivity index (χ0v) is 25.2. The van der Waals surface area contributed by atoms with Crippen LogP contribution in [0.25, 0.3) is 0 Å². The Morgan fingerprint density at radius 3 is 1.07 bits per heavy atom. The van der Waals surface area contributed by atoms with Gasteiger partial charge in [0.25, 0.3) is 0 Å². The lowest BCUT2D eigenvalue weighted by atomic mass is 10.0. The van der Waals surface area contributed by atoms with Gasteiger partial charge in [-0.2, -0.15) is 0 Å². The van der Waals surface area contributed by atoms with Crippen molar-refractivity contribution in [2.45, 2.75) is 73.1 Å². The highest BCUT2D eigenvalue weighted by Gasteiger charge is 2.16. The third kappa shape index (κ3) is 7.84. The van der Waals surface area contributed by atoms with E-state index in [1.807, 2.05) is 0 Å². The third-order valence-electron chi connectivity index (χ3n) is 7.64. The molecule has 0 unspecified atom stereocenters. The summed E-state index contributed by atoms with van der Waals surface area (Å²) in [5, 5.41) is 0. The third-order valence-corrected chi connectivity index (χ3v) is 7.64. The van der Waals surface area contributed by atoms with E-state index in [-0.39, 0.29) is 0 Å². The van der Waals surface area contributed by atoms with E-state index in [1.165, 1.54) is 0 Å². The van der Waals surface area contributed by atoms with Crippen molar-refractivity contribution in [3.8, 4) is 11.5 Å². The molecule has 0 spiro atoms. The van der Waals surface area contributed by atoms with Crippen molar-refractivity contribution in [3.63, 3.8) is 0 Å². The molecule has 2 aliphatic heterocycles. The summed E-state index contributed by atoms with van der Waals surface area (Å²) in [5.74, 6) is 1.68. The molecule has 4 aromatic rings. The predicted octanol–water partition coefficient (Wildman–Crippen LogP) is 7.65. The monoisotopic (exact) mass is 580 g/mol. The molecule has 0 atom stereocenters. The minimum Gasteiger partial charge on any atom is -0.493 e. The number of rotatable bonds is 0. The van der Waals surface area contributed by atoms with Gasteiger partial charge < -0.3 is 28.4 Å². The Labute approximate surface area is 254 Å². The van der Waals surface area contributed by atoms with Crippen LogP contribution in [0.3, 0.4) is 0 Å². The van der Waals surface area contributed by atoms with Gasteiger partial charge in [-0.3, -0.25) is 0 Å². The van der Waals surface area contributed by atoms with E-state index in [9.17, 15) is 0 Å². The highest BCUT2D eigenvalue weighted by atomic mass is 16.5. The zero-order chi connectivity index (χ0) is 29.4. The normalized spacial score (nSPS) is 16.5. The van der Waals surface area contributed by atoms with Crippen LogP contribution in [0.2, 0.25) is 0 Å². The maximum absolute atomic E-state index is 6.47. The SMILES string of the molecule is Cc1cc2c3c(c1)COCc1cccc(c1)COCc1cc(C)cc(c1OCCCO3)COCc1cccc(c1)COC2. The minimum absolute atomic E-state index is 0.444. The molecule has 0 aliphatic carbocycles.